The molecule has 1 aliphatic rings. The Hall–Kier alpha value is -3.22. The molecule has 3 aromatic rings. The van der Waals surface area contributed by atoms with Gasteiger partial charge in [0.2, 0.25) is 0 Å². The van der Waals surface area contributed by atoms with Crippen LogP contribution in [0.15, 0.2) is 54.6 Å². The largest absolute Gasteiger partial charge is 0.449 e. The lowest BCUT2D eigenvalue weighted by Gasteiger charge is -2.35. The van der Waals surface area contributed by atoms with E-state index in [4.69, 9.17) is 9.72 Å². The minimum Gasteiger partial charge on any atom is -0.449 e. The number of halogens is 2. The molecule has 0 aliphatic carbocycles. The second kappa shape index (κ2) is 10.6. The van der Waals surface area contributed by atoms with E-state index in [1.807, 2.05) is 44.2 Å². The van der Waals surface area contributed by atoms with Crippen LogP contribution in [0.25, 0.3) is 22.0 Å². The van der Waals surface area contributed by atoms with E-state index in [1.165, 1.54) is 6.07 Å². The molecule has 0 N–H and O–H groups in total. The lowest BCUT2D eigenvalue weighted by molar-refractivity contribution is 0.0901. The Kier molecular flexibility index (Phi) is 7.84. The van der Waals surface area contributed by atoms with Gasteiger partial charge in [0, 0.05) is 42.7 Å². The molecule has 1 aliphatic heterocycles. The molecule has 1 fully saturated rings. The van der Waals surface area contributed by atoms with Gasteiger partial charge in [-0.3, -0.25) is 0 Å². The molecule has 0 spiro atoms. The zero-order valence-electron chi connectivity index (χ0n) is 18.3. The monoisotopic (exact) mass is 455 g/mol. The van der Waals surface area contributed by atoms with Gasteiger partial charge < -0.3 is 14.5 Å². The summed E-state index contributed by atoms with van der Waals surface area (Å²) in [6, 6.07) is 16.2. The molecule has 0 unspecified atom stereocenters. The summed E-state index contributed by atoms with van der Waals surface area (Å²) in [5.74, 6) is 1.03. The summed E-state index contributed by atoms with van der Waals surface area (Å²) in [7, 11) is 0. The van der Waals surface area contributed by atoms with Crippen LogP contribution in [0, 0.1) is 5.92 Å². The van der Waals surface area contributed by atoms with Gasteiger partial charge in [0.25, 0.3) is 6.43 Å². The van der Waals surface area contributed by atoms with Crippen molar-refractivity contribution in [2.45, 2.75) is 27.7 Å². The Bertz CT molecular complexity index is 1100. The van der Waals surface area contributed by atoms with Crippen LogP contribution < -0.4 is 4.90 Å². The molecule has 5 nitrogen and oxygen atoms in total. The van der Waals surface area contributed by atoms with Crippen LogP contribution in [0.2, 0.25) is 0 Å². The minimum atomic E-state index is -2.58. The SMILES string of the molecule is C.CC(C)COC(=O)N1CCN(c2nc(-c3ccccc3C(F)F)cc3ccccc23)CC1. The van der Waals surface area contributed by atoms with Crippen molar-refractivity contribution in [1.29, 1.82) is 0 Å². The third-order valence-corrected chi connectivity index (χ3v) is 5.57. The first-order valence-corrected chi connectivity index (χ1v) is 10.9. The second-order valence-corrected chi connectivity index (χ2v) is 8.39. The van der Waals surface area contributed by atoms with E-state index in [-0.39, 0.29) is 25.0 Å². The molecule has 7 heteroatoms. The fourth-order valence-corrected chi connectivity index (χ4v) is 3.91. The Balaban J connectivity index is 0.00000306. The molecular weight excluding hydrogens is 424 g/mol. The van der Waals surface area contributed by atoms with Gasteiger partial charge in [0.05, 0.1) is 12.3 Å². The molecule has 1 amide bonds. The van der Waals surface area contributed by atoms with E-state index in [1.54, 1.807) is 23.1 Å². The molecule has 2 heterocycles. The highest BCUT2D eigenvalue weighted by Crippen LogP contribution is 2.35. The number of carbonyl (C=O) groups excluding carboxylic acids is 1. The first-order valence-electron chi connectivity index (χ1n) is 10.9. The number of alkyl halides is 2. The Morgan fingerprint density at radius 3 is 2.39 bits per heavy atom. The van der Waals surface area contributed by atoms with Crippen molar-refractivity contribution >= 4 is 22.7 Å². The minimum absolute atomic E-state index is 0. The van der Waals surface area contributed by atoms with Crippen LogP contribution in [0.5, 0.6) is 0 Å². The Morgan fingerprint density at radius 1 is 1.03 bits per heavy atom. The quantitative estimate of drug-likeness (QED) is 0.447. The van der Waals surface area contributed by atoms with Crippen molar-refractivity contribution in [2.24, 2.45) is 5.92 Å². The van der Waals surface area contributed by atoms with Crippen molar-refractivity contribution in [1.82, 2.24) is 9.88 Å². The summed E-state index contributed by atoms with van der Waals surface area (Å²) < 4.78 is 32.6. The number of piperazine rings is 1. The van der Waals surface area contributed by atoms with E-state index >= 15 is 0 Å². The molecular formula is C26H31F2N3O2. The number of amides is 1. The number of ether oxygens (including phenoxy) is 1. The highest BCUT2D eigenvalue weighted by molar-refractivity contribution is 5.95. The average Bonchev–Trinajstić information content (AvgIpc) is 2.82. The highest BCUT2D eigenvalue weighted by Gasteiger charge is 2.25. The zero-order chi connectivity index (χ0) is 22.7. The molecule has 0 atom stereocenters. The van der Waals surface area contributed by atoms with Crippen LogP contribution in [0.1, 0.15) is 33.3 Å². The summed E-state index contributed by atoms with van der Waals surface area (Å²) in [6.07, 6.45) is -2.88. The number of benzene rings is 2. The van der Waals surface area contributed by atoms with Crippen molar-refractivity contribution in [2.75, 3.05) is 37.7 Å². The topological polar surface area (TPSA) is 45.7 Å². The van der Waals surface area contributed by atoms with Gasteiger partial charge in [0.1, 0.15) is 5.82 Å². The molecule has 0 radical (unpaired) electrons. The standard InChI is InChI=1S/C25H27F2N3O2.CH4/c1-17(2)16-32-25(31)30-13-11-29(12-14-30)24-19-8-4-3-7-18(19)15-22(28-24)20-9-5-6-10-21(20)23(26)27;/h3-10,15,17,23H,11-14,16H2,1-2H3;1H4. The van der Waals surface area contributed by atoms with E-state index in [0.29, 0.717) is 44.0 Å². The van der Waals surface area contributed by atoms with E-state index < -0.39 is 6.43 Å². The summed E-state index contributed by atoms with van der Waals surface area (Å²) in [4.78, 5) is 20.9. The second-order valence-electron chi connectivity index (χ2n) is 8.39. The summed E-state index contributed by atoms with van der Waals surface area (Å²) >= 11 is 0. The normalized spacial score (nSPS) is 14.0. The maximum atomic E-state index is 13.6. The maximum absolute atomic E-state index is 13.6. The smallest absolute Gasteiger partial charge is 0.409 e. The number of rotatable bonds is 5. The third-order valence-electron chi connectivity index (χ3n) is 5.57. The average molecular weight is 456 g/mol. The lowest BCUT2D eigenvalue weighted by atomic mass is 10.0. The van der Waals surface area contributed by atoms with Crippen LogP contribution >= 0.6 is 0 Å². The van der Waals surface area contributed by atoms with Gasteiger partial charge in [0.15, 0.2) is 0 Å². The number of aromatic nitrogens is 1. The molecule has 4 rings (SSSR count). The number of pyridine rings is 1. The van der Waals surface area contributed by atoms with Gasteiger partial charge in [-0.05, 0) is 17.4 Å². The van der Waals surface area contributed by atoms with Crippen molar-refractivity contribution in [3.8, 4) is 11.3 Å². The first kappa shape index (κ1) is 24.4. The maximum Gasteiger partial charge on any atom is 0.409 e. The van der Waals surface area contributed by atoms with Gasteiger partial charge in [-0.25, -0.2) is 18.6 Å². The van der Waals surface area contributed by atoms with Gasteiger partial charge in [-0.15, -0.1) is 0 Å². The Labute approximate surface area is 194 Å². The predicted octanol–water partition coefficient (Wildman–Crippen LogP) is 6.39. The highest BCUT2D eigenvalue weighted by atomic mass is 19.3. The number of hydrogen-bond donors (Lipinski definition) is 0. The third kappa shape index (κ3) is 5.41. The van der Waals surface area contributed by atoms with Crippen molar-refractivity contribution < 1.29 is 18.3 Å². The fraction of sp³-hybridized carbons (Fsp3) is 0.385. The van der Waals surface area contributed by atoms with Crippen LogP contribution in [0.3, 0.4) is 0 Å². The van der Waals surface area contributed by atoms with E-state index in [0.717, 1.165) is 16.6 Å². The molecule has 0 bridgehead atoms. The predicted molar refractivity (Wildman–Crippen MR) is 129 cm³/mol. The summed E-state index contributed by atoms with van der Waals surface area (Å²) in [6.45, 7) is 6.62. The van der Waals surface area contributed by atoms with Crippen molar-refractivity contribution in [3.63, 3.8) is 0 Å². The molecule has 176 valence electrons. The summed E-state index contributed by atoms with van der Waals surface area (Å²) in [5, 5.41) is 1.90. The molecule has 1 saturated heterocycles. The Morgan fingerprint density at radius 2 is 1.70 bits per heavy atom. The first-order chi connectivity index (χ1) is 15.4. The zero-order valence-corrected chi connectivity index (χ0v) is 18.3. The van der Waals surface area contributed by atoms with Gasteiger partial charge in [-0.1, -0.05) is 69.8 Å². The van der Waals surface area contributed by atoms with E-state index in [9.17, 15) is 13.6 Å². The summed E-state index contributed by atoms with van der Waals surface area (Å²) in [5.41, 5.74) is 0.928. The van der Waals surface area contributed by atoms with E-state index in [2.05, 4.69) is 4.90 Å². The molecule has 0 saturated carbocycles. The lowest BCUT2D eigenvalue weighted by Crippen LogP contribution is -2.49. The van der Waals surface area contributed by atoms with Gasteiger partial charge >= 0.3 is 6.09 Å². The van der Waals surface area contributed by atoms with Crippen LogP contribution in [-0.4, -0.2) is 48.8 Å². The number of fused-ring (bicyclic) bond motifs is 1. The molecule has 2 aromatic carbocycles. The van der Waals surface area contributed by atoms with Crippen molar-refractivity contribution in [3.05, 3.63) is 60.2 Å². The fourth-order valence-electron chi connectivity index (χ4n) is 3.91. The molecule has 1 aromatic heterocycles. The number of anilines is 1. The van der Waals surface area contributed by atoms with Crippen LogP contribution in [-0.2, 0) is 4.74 Å². The molecule has 33 heavy (non-hydrogen) atoms. The number of hydrogen-bond acceptors (Lipinski definition) is 4. The van der Waals surface area contributed by atoms with Gasteiger partial charge in [-0.2, -0.15) is 0 Å². The number of carbonyl (C=O) groups is 1. The van der Waals surface area contributed by atoms with Crippen LogP contribution in [0.4, 0.5) is 19.4 Å². The number of nitrogens with zero attached hydrogens (tertiary/aromatic N) is 3.